The van der Waals surface area contributed by atoms with Gasteiger partial charge in [0, 0.05) is 10.5 Å². The van der Waals surface area contributed by atoms with Crippen LogP contribution < -0.4 is 9.80 Å². The number of thiazole rings is 1. The van der Waals surface area contributed by atoms with E-state index in [0.717, 1.165) is 27.6 Å². The average Bonchev–Trinajstić information content (AvgIpc) is 3.05. The summed E-state index contributed by atoms with van der Waals surface area (Å²) in [6.45, 7) is 5.72. The minimum absolute atomic E-state index is 0.0140. The number of benzene rings is 2. The van der Waals surface area contributed by atoms with Gasteiger partial charge in [-0.3, -0.25) is 9.69 Å². The van der Waals surface area contributed by atoms with Gasteiger partial charge in [0.15, 0.2) is 5.13 Å². The average molecular weight is 401 g/mol. The maximum atomic E-state index is 13.2. The van der Waals surface area contributed by atoms with Crippen LogP contribution in [0.1, 0.15) is 22.8 Å². The number of thioether (sulfide) groups is 1. The number of aromatic nitrogens is 1. The van der Waals surface area contributed by atoms with Gasteiger partial charge >= 0.3 is 0 Å². The number of rotatable bonds is 7. The number of likely N-dealkylation sites (N-methyl/N-ethyl adjacent to an activating group) is 1. The minimum Gasteiger partial charge on any atom is -0.338 e. The van der Waals surface area contributed by atoms with Gasteiger partial charge in [-0.25, -0.2) is 4.98 Å². The highest BCUT2D eigenvalue weighted by molar-refractivity contribution is 7.99. The van der Waals surface area contributed by atoms with Crippen LogP contribution >= 0.6 is 23.1 Å². The van der Waals surface area contributed by atoms with E-state index >= 15 is 0 Å². The summed E-state index contributed by atoms with van der Waals surface area (Å²) in [5.74, 6) is 1.04. The summed E-state index contributed by atoms with van der Waals surface area (Å²) in [6, 6.07) is 14.1. The molecule has 1 amide bonds. The third-order valence-corrected chi connectivity index (χ3v) is 6.19. The molecule has 1 heterocycles. The molecule has 0 spiro atoms. The number of carbonyl (C=O) groups is 1. The first-order chi connectivity index (χ1) is 13.0. The molecule has 1 N–H and O–H groups in total. The summed E-state index contributed by atoms with van der Waals surface area (Å²) in [6.07, 6.45) is 0. The molecule has 0 bridgehead atoms. The molecule has 0 saturated carbocycles. The van der Waals surface area contributed by atoms with E-state index in [1.807, 2.05) is 35.2 Å². The summed E-state index contributed by atoms with van der Waals surface area (Å²) in [7, 11) is 4.20. The summed E-state index contributed by atoms with van der Waals surface area (Å²) < 4.78 is 1.12. The molecular formula is C21H26N3OS2+. The number of hydrogen-bond donors (Lipinski definition) is 1. The standard InChI is InChI=1S/C21H25N3OS2/c1-5-26-17-9-7-16(8-10-17)20(25)24(13-12-23(3)4)21-22-18-11-6-15(2)14-19(18)27-21/h6-11,14H,5,12-13H2,1-4H3/p+1. The third-order valence-electron chi connectivity index (χ3n) is 4.26. The van der Waals surface area contributed by atoms with Crippen LogP contribution in [0.2, 0.25) is 0 Å². The van der Waals surface area contributed by atoms with Gasteiger partial charge in [0.25, 0.3) is 5.91 Å². The van der Waals surface area contributed by atoms with Crippen molar-refractivity contribution in [1.29, 1.82) is 0 Å². The van der Waals surface area contributed by atoms with Crippen LogP contribution in [0.3, 0.4) is 0 Å². The Balaban J connectivity index is 1.92. The van der Waals surface area contributed by atoms with E-state index in [-0.39, 0.29) is 5.91 Å². The van der Waals surface area contributed by atoms with Gasteiger partial charge in [-0.2, -0.15) is 0 Å². The van der Waals surface area contributed by atoms with Crippen molar-refractivity contribution in [2.24, 2.45) is 0 Å². The zero-order valence-corrected chi connectivity index (χ0v) is 17.9. The van der Waals surface area contributed by atoms with Crippen LogP contribution in [0.25, 0.3) is 10.2 Å². The number of aryl methyl sites for hydroxylation is 1. The number of nitrogens with zero attached hydrogens (tertiary/aromatic N) is 2. The molecule has 0 atom stereocenters. The Hall–Kier alpha value is -1.89. The molecule has 0 aliphatic carbocycles. The van der Waals surface area contributed by atoms with Crippen LogP contribution in [-0.2, 0) is 0 Å². The molecule has 6 heteroatoms. The van der Waals surface area contributed by atoms with Crippen molar-refractivity contribution < 1.29 is 9.69 Å². The zero-order chi connectivity index (χ0) is 19.4. The summed E-state index contributed by atoms with van der Waals surface area (Å²) in [5, 5.41) is 0.772. The van der Waals surface area contributed by atoms with Crippen LogP contribution in [0, 0.1) is 6.92 Å². The van der Waals surface area contributed by atoms with Crippen molar-refractivity contribution in [3.8, 4) is 0 Å². The number of fused-ring (bicyclic) bond motifs is 1. The van der Waals surface area contributed by atoms with Crippen molar-refractivity contribution in [3.05, 3.63) is 53.6 Å². The lowest BCUT2D eigenvalue weighted by Crippen LogP contribution is -3.06. The molecule has 0 unspecified atom stereocenters. The minimum atomic E-state index is 0.0140. The normalized spacial score (nSPS) is 11.3. The Morgan fingerprint density at radius 2 is 1.93 bits per heavy atom. The second-order valence-electron chi connectivity index (χ2n) is 6.84. The van der Waals surface area contributed by atoms with E-state index in [2.05, 4.69) is 40.1 Å². The highest BCUT2D eigenvalue weighted by Gasteiger charge is 2.22. The Kier molecular flexibility index (Phi) is 6.52. The molecule has 0 saturated heterocycles. The third kappa shape index (κ3) is 4.89. The molecule has 3 aromatic rings. The van der Waals surface area contributed by atoms with Crippen molar-refractivity contribution in [3.63, 3.8) is 0 Å². The Bertz CT molecular complexity index is 919. The molecule has 0 aliphatic heterocycles. The van der Waals surface area contributed by atoms with Gasteiger partial charge in [0.05, 0.1) is 37.4 Å². The van der Waals surface area contributed by atoms with Gasteiger partial charge in [-0.1, -0.05) is 24.3 Å². The maximum absolute atomic E-state index is 13.2. The number of quaternary nitrogens is 1. The first kappa shape index (κ1) is 19.9. The second-order valence-corrected chi connectivity index (χ2v) is 9.19. The summed E-state index contributed by atoms with van der Waals surface area (Å²) in [4.78, 5) is 22.3. The first-order valence-corrected chi connectivity index (χ1v) is 11.0. The quantitative estimate of drug-likeness (QED) is 0.617. The number of carbonyl (C=O) groups excluding carboxylic acids is 1. The van der Waals surface area contributed by atoms with Gasteiger partial charge < -0.3 is 4.90 Å². The molecular weight excluding hydrogens is 374 g/mol. The number of nitrogens with one attached hydrogen (secondary N) is 1. The molecule has 2 aromatic carbocycles. The SMILES string of the molecule is CCSc1ccc(C(=O)N(CC[NH+](C)C)c2nc3ccc(C)cc3s2)cc1. The molecule has 0 aliphatic rings. The van der Waals surface area contributed by atoms with Crippen LogP contribution in [0.5, 0.6) is 0 Å². The Morgan fingerprint density at radius 3 is 2.59 bits per heavy atom. The number of anilines is 1. The molecule has 142 valence electrons. The lowest BCUT2D eigenvalue weighted by atomic mass is 10.2. The smallest absolute Gasteiger partial charge is 0.260 e. The number of hydrogen-bond acceptors (Lipinski definition) is 4. The first-order valence-electron chi connectivity index (χ1n) is 9.19. The summed E-state index contributed by atoms with van der Waals surface area (Å²) >= 11 is 3.37. The monoisotopic (exact) mass is 400 g/mol. The molecule has 1 aromatic heterocycles. The predicted octanol–water partition coefficient (Wildman–Crippen LogP) is 3.51. The van der Waals surface area contributed by atoms with E-state index in [0.29, 0.717) is 12.1 Å². The van der Waals surface area contributed by atoms with E-state index in [4.69, 9.17) is 4.98 Å². The van der Waals surface area contributed by atoms with Crippen molar-refractivity contribution in [2.75, 3.05) is 37.8 Å². The van der Waals surface area contributed by atoms with E-state index in [1.54, 1.807) is 23.1 Å². The van der Waals surface area contributed by atoms with E-state index in [9.17, 15) is 4.79 Å². The largest absolute Gasteiger partial charge is 0.338 e. The molecule has 0 radical (unpaired) electrons. The van der Waals surface area contributed by atoms with E-state index in [1.165, 1.54) is 15.4 Å². The van der Waals surface area contributed by atoms with Crippen molar-refractivity contribution >= 4 is 44.4 Å². The summed E-state index contributed by atoms with van der Waals surface area (Å²) in [5.41, 5.74) is 2.86. The fraction of sp³-hybridized carbons (Fsp3) is 0.333. The van der Waals surface area contributed by atoms with Crippen molar-refractivity contribution in [1.82, 2.24) is 4.98 Å². The van der Waals surface area contributed by atoms with Gasteiger partial charge in [0.1, 0.15) is 0 Å². The highest BCUT2D eigenvalue weighted by Crippen LogP contribution is 2.30. The maximum Gasteiger partial charge on any atom is 0.260 e. The topological polar surface area (TPSA) is 37.6 Å². The van der Waals surface area contributed by atoms with Gasteiger partial charge in [0.2, 0.25) is 0 Å². The van der Waals surface area contributed by atoms with Crippen LogP contribution in [0.4, 0.5) is 5.13 Å². The highest BCUT2D eigenvalue weighted by atomic mass is 32.2. The molecule has 27 heavy (non-hydrogen) atoms. The Morgan fingerprint density at radius 1 is 1.19 bits per heavy atom. The van der Waals surface area contributed by atoms with Crippen LogP contribution in [0.15, 0.2) is 47.4 Å². The lowest BCUT2D eigenvalue weighted by molar-refractivity contribution is -0.856. The molecule has 0 fully saturated rings. The van der Waals surface area contributed by atoms with Crippen LogP contribution in [-0.4, -0.2) is 43.8 Å². The van der Waals surface area contributed by atoms with E-state index < -0.39 is 0 Å². The van der Waals surface area contributed by atoms with Gasteiger partial charge in [-0.15, -0.1) is 11.8 Å². The predicted molar refractivity (Wildman–Crippen MR) is 117 cm³/mol. The lowest BCUT2D eigenvalue weighted by Gasteiger charge is -2.20. The second kappa shape index (κ2) is 8.87. The van der Waals surface area contributed by atoms with Gasteiger partial charge in [-0.05, 0) is 54.6 Å². The Labute approximate surface area is 169 Å². The fourth-order valence-electron chi connectivity index (χ4n) is 2.77. The zero-order valence-electron chi connectivity index (χ0n) is 16.3. The molecule has 4 nitrogen and oxygen atoms in total. The fourth-order valence-corrected chi connectivity index (χ4v) is 4.52. The van der Waals surface area contributed by atoms with Crippen molar-refractivity contribution in [2.45, 2.75) is 18.7 Å². The number of amides is 1. The molecule has 3 rings (SSSR count).